The molecule has 0 aliphatic carbocycles. The number of carbonyl (C=O) groups excluding carboxylic acids is 1. The highest BCUT2D eigenvalue weighted by molar-refractivity contribution is 7.18. The van der Waals surface area contributed by atoms with Gasteiger partial charge in [-0.15, -0.1) is 11.3 Å². The molecule has 2 heterocycles. The second-order valence-corrected chi connectivity index (χ2v) is 7.56. The Bertz CT molecular complexity index is 1070. The molecule has 0 fully saturated rings. The number of nitrogens with zero attached hydrogens (tertiary/aromatic N) is 1. The van der Waals surface area contributed by atoms with Crippen LogP contribution >= 0.6 is 11.3 Å². The van der Waals surface area contributed by atoms with Crippen molar-refractivity contribution >= 4 is 27.5 Å². The summed E-state index contributed by atoms with van der Waals surface area (Å²) >= 11 is 1.68. The Balaban J connectivity index is 1.22. The van der Waals surface area contributed by atoms with E-state index >= 15 is 0 Å². The summed E-state index contributed by atoms with van der Waals surface area (Å²) in [7, 11) is 0. The molecule has 5 nitrogen and oxygen atoms in total. The van der Waals surface area contributed by atoms with Crippen LogP contribution in [0, 0.1) is 5.82 Å². The number of amides is 1. The highest BCUT2D eigenvalue weighted by Crippen LogP contribution is 2.22. The molecule has 0 unspecified atom stereocenters. The summed E-state index contributed by atoms with van der Waals surface area (Å²) in [5.74, 6) is 0.708. The van der Waals surface area contributed by atoms with Crippen LogP contribution in [-0.2, 0) is 13.0 Å². The van der Waals surface area contributed by atoms with Crippen LogP contribution in [0.15, 0.2) is 65.1 Å². The minimum Gasteiger partial charge on any atom is -0.486 e. The number of hydrogen-bond donors (Lipinski definition) is 1. The number of aromatic nitrogens is 1. The zero-order chi connectivity index (χ0) is 20.1. The van der Waals surface area contributed by atoms with E-state index in [2.05, 4.69) is 16.4 Å². The summed E-state index contributed by atoms with van der Waals surface area (Å²) in [4.78, 5) is 16.8. The van der Waals surface area contributed by atoms with E-state index in [0.29, 0.717) is 18.1 Å². The number of rotatable bonds is 8. The van der Waals surface area contributed by atoms with Crippen molar-refractivity contribution in [3.63, 3.8) is 0 Å². The Morgan fingerprint density at radius 3 is 2.76 bits per heavy atom. The maximum Gasteiger partial charge on any atom is 0.286 e. The number of carbonyl (C=O) groups is 1. The van der Waals surface area contributed by atoms with Gasteiger partial charge < -0.3 is 14.5 Å². The van der Waals surface area contributed by atoms with Crippen LogP contribution in [-0.4, -0.2) is 17.4 Å². The molecule has 0 saturated heterocycles. The zero-order valence-electron chi connectivity index (χ0n) is 15.6. The molecule has 29 heavy (non-hydrogen) atoms. The predicted molar refractivity (Wildman–Crippen MR) is 110 cm³/mol. The lowest BCUT2D eigenvalue weighted by Gasteiger charge is -2.04. The van der Waals surface area contributed by atoms with Gasteiger partial charge in [0.2, 0.25) is 0 Å². The molecule has 148 valence electrons. The molecule has 0 spiro atoms. The molecular formula is C22H19FN2O3S. The second kappa shape index (κ2) is 8.87. The van der Waals surface area contributed by atoms with Crippen molar-refractivity contribution in [2.24, 2.45) is 0 Å². The number of furan rings is 1. The van der Waals surface area contributed by atoms with Gasteiger partial charge in [-0.05, 0) is 55.0 Å². The molecule has 0 aliphatic heterocycles. The number of benzene rings is 2. The van der Waals surface area contributed by atoms with Gasteiger partial charge >= 0.3 is 0 Å². The third kappa shape index (κ3) is 5.00. The van der Waals surface area contributed by atoms with Gasteiger partial charge in [0.05, 0.1) is 15.2 Å². The van der Waals surface area contributed by atoms with Crippen LogP contribution in [0.2, 0.25) is 0 Å². The number of nitrogens with one attached hydrogen (secondary N) is 1. The van der Waals surface area contributed by atoms with Crippen molar-refractivity contribution in [1.29, 1.82) is 0 Å². The number of halogens is 1. The van der Waals surface area contributed by atoms with Crippen molar-refractivity contribution in [2.75, 3.05) is 6.54 Å². The minimum absolute atomic E-state index is 0.163. The van der Waals surface area contributed by atoms with E-state index in [1.54, 1.807) is 23.5 Å². The Morgan fingerprint density at radius 1 is 1.10 bits per heavy atom. The maximum absolute atomic E-state index is 12.9. The Kier molecular flexibility index (Phi) is 5.86. The number of fused-ring (bicyclic) bond motifs is 1. The largest absolute Gasteiger partial charge is 0.486 e. The SMILES string of the molecule is O=C(NCCCc1nc2ccccc2s1)c1ccc(COc2ccc(F)cc2)o1. The minimum atomic E-state index is -0.322. The number of aryl methyl sites for hydroxylation is 1. The first-order valence-corrected chi connectivity index (χ1v) is 10.1. The fraction of sp³-hybridized carbons (Fsp3) is 0.182. The lowest BCUT2D eigenvalue weighted by Crippen LogP contribution is -2.24. The third-order valence-electron chi connectivity index (χ3n) is 4.27. The van der Waals surface area contributed by atoms with Gasteiger partial charge in [0.1, 0.15) is 23.9 Å². The number of thiazole rings is 1. The van der Waals surface area contributed by atoms with Crippen LogP contribution in [0.3, 0.4) is 0 Å². The van der Waals surface area contributed by atoms with Gasteiger partial charge in [-0.25, -0.2) is 9.37 Å². The van der Waals surface area contributed by atoms with Gasteiger partial charge in [0.15, 0.2) is 5.76 Å². The summed E-state index contributed by atoms with van der Waals surface area (Å²) in [6.45, 7) is 0.702. The molecule has 0 saturated carbocycles. The Labute approximate surface area is 171 Å². The molecule has 0 radical (unpaired) electrons. The molecule has 1 amide bonds. The third-order valence-corrected chi connectivity index (χ3v) is 5.37. The standard InChI is InChI=1S/C22H19FN2O3S/c23-15-7-9-16(10-8-15)27-14-17-11-12-19(28-17)22(26)24-13-3-6-21-25-18-4-1-2-5-20(18)29-21/h1-2,4-5,7-12H,3,6,13-14H2,(H,24,26). The van der Waals surface area contributed by atoms with E-state index < -0.39 is 0 Å². The van der Waals surface area contributed by atoms with Crippen molar-refractivity contribution in [3.05, 3.63) is 83.0 Å². The van der Waals surface area contributed by atoms with Gasteiger partial charge in [0, 0.05) is 13.0 Å². The first-order valence-electron chi connectivity index (χ1n) is 9.27. The van der Waals surface area contributed by atoms with Crippen molar-refractivity contribution in [2.45, 2.75) is 19.4 Å². The number of hydrogen-bond acceptors (Lipinski definition) is 5. The van der Waals surface area contributed by atoms with Crippen molar-refractivity contribution in [3.8, 4) is 5.75 Å². The van der Waals surface area contributed by atoms with E-state index in [4.69, 9.17) is 9.15 Å². The normalized spacial score (nSPS) is 10.9. The molecule has 4 rings (SSSR count). The van der Waals surface area contributed by atoms with Crippen LogP contribution in [0.25, 0.3) is 10.2 Å². The topological polar surface area (TPSA) is 64.4 Å². The summed E-state index contributed by atoms with van der Waals surface area (Å²) in [5, 5.41) is 3.93. The highest BCUT2D eigenvalue weighted by atomic mass is 32.1. The predicted octanol–water partition coefficient (Wildman–Crippen LogP) is 4.97. The van der Waals surface area contributed by atoms with E-state index in [1.165, 1.54) is 29.0 Å². The highest BCUT2D eigenvalue weighted by Gasteiger charge is 2.11. The second-order valence-electron chi connectivity index (χ2n) is 6.44. The van der Waals surface area contributed by atoms with Gasteiger partial charge in [-0.2, -0.15) is 0 Å². The molecule has 7 heteroatoms. The summed E-state index contributed by atoms with van der Waals surface area (Å²) in [6, 6.07) is 17.1. The lowest BCUT2D eigenvalue weighted by molar-refractivity contribution is 0.0921. The van der Waals surface area contributed by atoms with E-state index in [0.717, 1.165) is 23.4 Å². The molecule has 0 bridgehead atoms. The van der Waals surface area contributed by atoms with E-state index in [-0.39, 0.29) is 24.1 Å². The Hall–Kier alpha value is -3.19. The van der Waals surface area contributed by atoms with Crippen LogP contribution in [0.5, 0.6) is 5.75 Å². The first-order chi connectivity index (χ1) is 14.2. The number of ether oxygens (including phenoxy) is 1. The average Bonchev–Trinajstić information content (AvgIpc) is 3.37. The fourth-order valence-corrected chi connectivity index (χ4v) is 3.83. The molecule has 2 aromatic heterocycles. The lowest BCUT2D eigenvalue weighted by atomic mass is 10.3. The summed E-state index contributed by atoms with van der Waals surface area (Å²) in [6.07, 6.45) is 1.61. The zero-order valence-corrected chi connectivity index (χ0v) is 16.4. The van der Waals surface area contributed by atoms with Gasteiger partial charge in [-0.1, -0.05) is 12.1 Å². The quantitative estimate of drug-likeness (QED) is 0.417. The van der Waals surface area contributed by atoms with E-state index in [9.17, 15) is 9.18 Å². The monoisotopic (exact) mass is 410 g/mol. The van der Waals surface area contributed by atoms with Crippen LogP contribution < -0.4 is 10.1 Å². The summed E-state index contributed by atoms with van der Waals surface area (Å²) in [5.41, 5.74) is 1.02. The average molecular weight is 410 g/mol. The fourth-order valence-electron chi connectivity index (χ4n) is 2.82. The summed E-state index contributed by atoms with van der Waals surface area (Å²) < 4.78 is 25.1. The first kappa shape index (κ1) is 19.1. The molecule has 0 atom stereocenters. The van der Waals surface area contributed by atoms with Gasteiger partial charge in [0.25, 0.3) is 5.91 Å². The van der Waals surface area contributed by atoms with Crippen LogP contribution in [0.4, 0.5) is 4.39 Å². The van der Waals surface area contributed by atoms with Crippen molar-refractivity contribution < 1.29 is 18.3 Å². The molecule has 4 aromatic rings. The van der Waals surface area contributed by atoms with E-state index in [1.807, 2.05) is 18.2 Å². The van der Waals surface area contributed by atoms with Crippen molar-refractivity contribution in [1.82, 2.24) is 10.3 Å². The smallest absolute Gasteiger partial charge is 0.286 e. The van der Waals surface area contributed by atoms with Gasteiger partial charge in [-0.3, -0.25) is 4.79 Å². The van der Waals surface area contributed by atoms with Crippen LogP contribution in [0.1, 0.15) is 27.7 Å². The molecule has 1 N–H and O–H groups in total. The maximum atomic E-state index is 12.9. The molecule has 0 aliphatic rings. The Morgan fingerprint density at radius 2 is 1.93 bits per heavy atom. The number of para-hydroxylation sites is 1. The molecule has 2 aromatic carbocycles. The molecular weight excluding hydrogens is 391 g/mol.